The van der Waals surface area contributed by atoms with Crippen LogP contribution in [0.1, 0.15) is 34.1 Å². The quantitative estimate of drug-likeness (QED) is 0.707. The molecule has 1 heterocycles. The van der Waals surface area contributed by atoms with Crippen LogP contribution in [-0.2, 0) is 0 Å². The molecule has 1 aliphatic rings. The van der Waals surface area contributed by atoms with Crippen LogP contribution in [0.3, 0.4) is 0 Å². The molecule has 0 aromatic carbocycles. The minimum absolute atomic E-state index is 0.0814. The molecule has 1 N–H and O–H groups in total. The summed E-state index contributed by atoms with van der Waals surface area (Å²) in [6, 6.07) is 0. The predicted molar refractivity (Wildman–Crippen MR) is 53.7 cm³/mol. The highest BCUT2D eigenvalue weighted by Gasteiger charge is 2.50. The second kappa shape index (κ2) is 2.96. The summed E-state index contributed by atoms with van der Waals surface area (Å²) in [6.07, 6.45) is 1.04. The van der Waals surface area contributed by atoms with Crippen molar-refractivity contribution >= 4 is 15.9 Å². The second-order valence-electron chi connectivity index (χ2n) is 4.83. The van der Waals surface area contributed by atoms with Gasteiger partial charge in [0, 0.05) is 16.4 Å². The number of halogens is 1. The third kappa shape index (κ3) is 1.42. The van der Waals surface area contributed by atoms with Crippen molar-refractivity contribution in [1.29, 1.82) is 0 Å². The maximum Gasteiger partial charge on any atom is 0.0447 e. The summed E-state index contributed by atoms with van der Waals surface area (Å²) >= 11 is 3.49. The highest BCUT2D eigenvalue weighted by Crippen LogP contribution is 2.43. The van der Waals surface area contributed by atoms with E-state index in [9.17, 15) is 5.21 Å². The van der Waals surface area contributed by atoms with Crippen LogP contribution in [0.4, 0.5) is 0 Å². The Morgan fingerprint density at radius 1 is 1.42 bits per heavy atom. The summed E-state index contributed by atoms with van der Waals surface area (Å²) in [7, 11) is 0. The number of hydrogen-bond donors (Lipinski definition) is 1. The van der Waals surface area contributed by atoms with Crippen molar-refractivity contribution in [2.75, 3.05) is 5.33 Å². The highest BCUT2D eigenvalue weighted by molar-refractivity contribution is 9.09. The van der Waals surface area contributed by atoms with Crippen LogP contribution in [0, 0.1) is 5.92 Å². The van der Waals surface area contributed by atoms with E-state index in [2.05, 4.69) is 43.6 Å². The Kier molecular flexibility index (Phi) is 2.59. The van der Waals surface area contributed by atoms with Gasteiger partial charge in [0.2, 0.25) is 0 Å². The first kappa shape index (κ1) is 10.5. The Labute approximate surface area is 83.0 Å². The maximum absolute atomic E-state index is 9.90. The monoisotopic (exact) mass is 235 g/mol. The predicted octanol–water partition coefficient (Wildman–Crippen LogP) is 2.65. The van der Waals surface area contributed by atoms with E-state index in [1.54, 1.807) is 0 Å². The van der Waals surface area contributed by atoms with Gasteiger partial charge in [0.15, 0.2) is 0 Å². The van der Waals surface area contributed by atoms with Gasteiger partial charge in [-0.1, -0.05) is 15.9 Å². The average Bonchev–Trinajstić information content (AvgIpc) is 2.11. The molecule has 0 aromatic rings. The van der Waals surface area contributed by atoms with E-state index in [4.69, 9.17) is 0 Å². The van der Waals surface area contributed by atoms with Gasteiger partial charge in [-0.3, -0.25) is 0 Å². The minimum atomic E-state index is -0.104. The lowest BCUT2D eigenvalue weighted by atomic mass is 9.89. The average molecular weight is 236 g/mol. The van der Waals surface area contributed by atoms with Crippen LogP contribution in [0.15, 0.2) is 0 Å². The third-order valence-electron chi connectivity index (χ3n) is 3.05. The van der Waals surface area contributed by atoms with Crippen molar-refractivity contribution in [2.45, 2.75) is 45.2 Å². The smallest absolute Gasteiger partial charge is 0.0447 e. The molecule has 0 unspecified atom stereocenters. The fourth-order valence-electron chi connectivity index (χ4n) is 2.14. The van der Waals surface area contributed by atoms with Gasteiger partial charge in [-0.25, -0.2) is 0 Å². The Morgan fingerprint density at radius 2 is 1.92 bits per heavy atom. The highest BCUT2D eigenvalue weighted by atomic mass is 79.9. The lowest BCUT2D eigenvalue weighted by Crippen LogP contribution is -2.47. The molecule has 1 saturated heterocycles. The molecule has 12 heavy (non-hydrogen) atoms. The summed E-state index contributed by atoms with van der Waals surface area (Å²) in [4.78, 5) is 0. The molecule has 0 radical (unpaired) electrons. The van der Waals surface area contributed by atoms with Crippen molar-refractivity contribution in [3.8, 4) is 0 Å². The molecular weight excluding hydrogens is 218 g/mol. The first-order valence-corrected chi connectivity index (χ1v) is 5.49. The zero-order valence-electron chi connectivity index (χ0n) is 8.26. The van der Waals surface area contributed by atoms with Gasteiger partial charge in [-0.05, 0) is 40.0 Å². The molecule has 1 aliphatic heterocycles. The maximum atomic E-state index is 9.90. The lowest BCUT2D eigenvalue weighted by Gasteiger charge is -2.35. The number of hydrogen-bond acceptors (Lipinski definition) is 2. The van der Waals surface area contributed by atoms with Gasteiger partial charge in [0.05, 0.1) is 0 Å². The van der Waals surface area contributed by atoms with Gasteiger partial charge in [-0.2, -0.15) is 5.06 Å². The fraction of sp³-hybridized carbons (Fsp3) is 1.00. The van der Waals surface area contributed by atoms with Crippen molar-refractivity contribution in [3.05, 3.63) is 0 Å². The molecule has 3 heteroatoms. The van der Waals surface area contributed by atoms with Crippen LogP contribution in [0.5, 0.6) is 0 Å². The SMILES string of the molecule is CC1(C)C[C@@H](CBr)C(C)(C)N1O. The molecule has 1 rings (SSSR count). The summed E-state index contributed by atoms with van der Waals surface area (Å²) < 4.78 is 0. The van der Waals surface area contributed by atoms with E-state index < -0.39 is 0 Å². The minimum Gasteiger partial charge on any atom is -0.313 e. The topological polar surface area (TPSA) is 23.5 Å². The van der Waals surface area contributed by atoms with Gasteiger partial charge in [-0.15, -0.1) is 0 Å². The van der Waals surface area contributed by atoms with Crippen LogP contribution in [0.2, 0.25) is 0 Å². The van der Waals surface area contributed by atoms with Crippen molar-refractivity contribution in [2.24, 2.45) is 5.92 Å². The van der Waals surface area contributed by atoms with Crippen molar-refractivity contribution in [3.63, 3.8) is 0 Å². The molecule has 0 aliphatic carbocycles. The Balaban J connectivity index is 2.88. The summed E-state index contributed by atoms with van der Waals surface area (Å²) in [5, 5.41) is 12.4. The summed E-state index contributed by atoms with van der Waals surface area (Å²) in [6.45, 7) is 8.34. The third-order valence-corrected chi connectivity index (χ3v) is 3.83. The largest absolute Gasteiger partial charge is 0.313 e. The molecule has 0 amide bonds. The Hall–Kier alpha value is 0.400. The summed E-state index contributed by atoms with van der Waals surface area (Å²) in [5.41, 5.74) is -0.186. The van der Waals surface area contributed by atoms with Gasteiger partial charge in [0.25, 0.3) is 0 Å². The molecule has 1 atom stereocenters. The molecule has 2 nitrogen and oxygen atoms in total. The second-order valence-corrected chi connectivity index (χ2v) is 5.48. The number of nitrogens with zero attached hydrogens (tertiary/aromatic N) is 1. The first-order valence-electron chi connectivity index (χ1n) is 4.37. The molecule has 0 saturated carbocycles. The van der Waals surface area contributed by atoms with Crippen molar-refractivity contribution < 1.29 is 5.21 Å². The Bertz CT molecular complexity index is 179. The number of rotatable bonds is 1. The molecule has 72 valence electrons. The standard InChI is InChI=1S/C9H18BrNO/c1-8(2)5-7(6-10)9(3,4)11(8)12/h7,12H,5-6H2,1-4H3/t7-/m0/s1. The van der Waals surface area contributed by atoms with E-state index >= 15 is 0 Å². The zero-order chi connectivity index (χ0) is 9.57. The van der Waals surface area contributed by atoms with Crippen LogP contribution < -0.4 is 0 Å². The van der Waals surface area contributed by atoms with Crippen LogP contribution in [-0.4, -0.2) is 26.7 Å². The Morgan fingerprint density at radius 3 is 2.08 bits per heavy atom. The van der Waals surface area contributed by atoms with E-state index in [1.165, 1.54) is 5.06 Å². The first-order chi connectivity index (χ1) is 5.32. The molecular formula is C9H18BrNO. The van der Waals surface area contributed by atoms with E-state index in [0.29, 0.717) is 5.92 Å². The van der Waals surface area contributed by atoms with Gasteiger partial charge < -0.3 is 5.21 Å². The normalized spacial score (nSPS) is 34.0. The molecule has 1 fully saturated rings. The number of hydroxylamine groups is 2. The van der Waals surface area contributed by atoms with Crippen LogP contribution >= 0.6 is 15.9 Å². The summed E-state index contributed by atoms with van der Waals surface area (Å²) in [5.74, 6) is 0.525. The zero-order valence-corrected chi connectivity index (χ0v) is 9.85. The van der Waals surface area contributed by atoms with Crippen molar-refractivity contribution in [1.82, 2.24) is 5.06 Å². The van der Waals surface area contributed by atoms with E-state index in [1.807, 2.05) is 0 Å². The van der Waals surface area contributed by atoms with Gasteiger partial charge in [0.1, 0.15) is 0 Å². The molecule has 0 spiro atoms. The number of alkyl halides is 1. The fourth-order valence-corrected chi connectivity index (χ4v) is 3.16. The van der Waals surface area contributed by atoms with E-state index in [0.717, 1.165) is 11.8 Å². The van der Waals surface area contributed by atoms with E-state index in [-0.39, 0.29) is 11.1 Å². The van der Waals surface area contributed by atoms with Gasteiger partial charge >= 0.3 is 0 Å². The molecule has 0 aromatic heterocycles. The molecule has 0 bridgehead atoms. The van der Waals surface area contributed by atoms with Crippen LogP contribution in [0.25, 0.3) is 0 Å². The lowest BCUT2D eigenvalue weighted by molar-refractivity contribution is -0.195.